The number of nitrogens with one attached hydrogen (secondary N) is 1. The average molecular weight is 400 g/mol. The van der Waals surface area contributed by atoms with Gasteiger partial charge in [0.05, 0.1) is 16.8 Å². The van der Waals surface area contributed by atoms with E-state index in [9.17, 15) is 14.9 Å². The maximum absolute atomic E-state index is 12.2. The third-order valence-electron chi connectivity index (χ3n) is 2.83. The minimum Gasteiger partial charge on any atom is -0.348 e. The largest absolute Gasteiger partial charge is 0.348 e. The molecule has 2 rings (SSSR count). The van der Waals surface area contributed by atoms with E-state index in [-0.39, 0.29) is 17.6 Å². The summed E-state index contributed by atoms with van der Waals surface area (Å²) in [4.78, 5) is 26.4. The lowest BCUT2D eigenvalue weighted by Crippen LogP contribution is -2.35. The topological polar surface area (TPSA) is 90.1 Å². The van der Waals surface area contributed by atoms with Crippen molar-refractivity contribution in [2.24, 2.45) is 0 Å². The molecule has 0 bridgehead atoms. The van der Waals surface area contributed by atoms with Gasteiger partial charge in [0.1, 0.15) is 0 Å². The average Bonchev–Trinajstić information content (AvgIpc) is 2.91. The number of nitrogens with zero attached hydrogens (tertiary/aromatic N) is 3. The van der Waals surface area contributed by atoms with Gasteiger partial charge < -0.3 is 9.88 Å². The number of nitro benzene ring substituents is 1. The van der Waals surface area contributed by atoms with Crippen molar-refractivity contribution >= 4 is 34.2 Å². The number of rotatable bonds is 5. The summed E-state index contributed by atoms with van der Waals surface area (Å²) >= 11 is 1.99. The molecular weight excluding hydrogens is 387 g/mol. The fraction of sp³-hybridized carbons (Fsp3) is 0.231. The van der Waals surface area contributed by atoms with E-state index in [2.05, 4.69) is 10.3 Å². The predicted molar refractivity (Wildman–Crippen MR) is 85.0 cm³/mol. The van der Waals surface area contributed by atoms with Gasteiger partial charge in [-0.3, -0.25) is 14.9 Å². The quantitative estimate of drug-likeness (QED) is 0.474. The van der Waals surface area contributed by atoms with Crippen LogP contribution in [-0.2, 0) is 6.54 Å². The number of hydrogen-bond acceptors (Lipinski definition) is 4. The van der Waals surface area contributed by atoms with Crippen molar-refractivity contribution in [2.45, 2.75) is 19.5 Å². The molecular formula is C13H13IN4O3. The summed E-state index contributed by atoms with van der Waals surface area (Å²) in [6, 6.07) is 4.12. The van der Waals surface area contributed by atoms with Crippen molar-refractivity contribution in [3.8, 4) is 0 Å². The van der Waals surface area contributed by atoms with Gasteiger partial charge >= 0.3 is 0 Å². The zero-order valence-electron chi connectivity index (χ0n) is 11.2. The number of benzene rings is 1. The second-order valence-corrected chi connectivity index (χ2v) is 5.72. The minimum absolute atomic E-state index is 0.0946. The zero-order chi connectivity index (χ0) is 15.4. The van der Waals surface area contributed by atoms with Crippen molar-refractivity contribution in [1.29, 1.82) is 0 Å². The Balaban J connectivity index is 2.09. The van der Waals surface area contributed by atoms with E-state index >= 15 is 0 Å². The number of non-ortho nitro benzene ring substituents is 1. The molecule has 0 aliphatic heterocycles. The van der Waals surface area contributed by atoms with Crippen molar-refractivity contribution in [3.63, 3.8) is 0 Å². The summed E-state index contributed by atoms with van der Waals surface area (Å²) in [6.07, 6.45) is 5.14. The molecule has 0 fully saturated rings. The fourth-order valence-corrected chi connectivity index (χ4v) is 2.44. The summed E-state index contributed by atoms with van der Waals surface area (Å²) in [5, 5.41) is 13.6. The van der Waals surface area contributed by atoms with Crippen LogP contribution in [0.4, 0.5) is 5.69 Å². The van der Waals surface area contributed by atoms with Crippen molar-refractivity contribution < 1.29 is 9.72 Å². The van der Waals surface area contributed by atoms with Gasteiger partial charge in [0.15, 0.2) is 0 Å². The van der Waals surface area contributed by atoms with Crippen LogP contribution >= 0.6 is 22.6 Å². The Morgan fingerprint density at radius 3 is 2.95 bits per heavy atom. The van der Waals surface area contributed by atoms with Crippen LogP contribution in [0.5, 0.6) is 0 Å². The van der Waals surface area contributed by atoms with Gasteiger partial charge in [-0.2, -0.15) is 0 Å². The molecule has 110 valence electrons. The first-order valence-corrected chi connectivity index (χ1v) is 7.26. The molecule has 0 aliphatic carbocycles. The fourth-order valence-electron chi connectivity index (χ4n) is 1.86. The summed E-state index contributed by atoms with van der Waals surface area (Å²) in [5.74, 6) is -0.323. The Morgan fingerprint density at radius 2 is 2.33 bits per heavy atom. The number of halogens is 1. The lowest BCUT2D eigenvalue weighted by atomic mass is 10.2. The number of carbonyl (C=O) groups excluding carboxylic acids is 1. The number of amides is 1. The molecule has 0 saturated heterocycles. The molecule has 1 N–H and O–H groups in total. The van der Waals surface area contributed by atoms with E-state index in [1.165, 1.54) is 12.1 Å². The minimum atomic E-state index is -0.512. The van der Waals surface area contributed by atoms with Gasteiger partial charge in [-0.05, 0) is 35.6 Å². The van der Waals surface area contributed by atoms with E-state index in [4.69, 9.17) is 0 Å². The molecule has 1 amide bonds. The second kappa shape index (κ2) is 6.66. The second-order valence-electron chi connectivity index (χ2n) is 4.56. The molecule has 1 aromatic carbocycles. The number of carbonyl (C=O) groups is 1. The lowest BCUT2D eigenvalue weighted by molar-refractivity contribution is -0.384. The first-order chi connectivity index (χ1) is 9.97. The Morgan fingerprint density at radius 1 is 1.57 bits per heavy atom. The van der Waals surface area contributed by atoms with Crippen LogP contribution in [-0.4, -0.2) is 26.4 Å². The summed E-state index contributed by atoms with van der Waals surface area (Å²) in [7, 11) is 0. The van der Waals surface area contributed by atoms with E-state index in [1.807, 2.05) is 34.1 Å². The van der Waals surface area contributed by atoms with Crippen LogP contribution in [0.2, 0.25) is 0 Å². The van der Waals surface area contributed by atoms with Crippen LogP contribution in [0.1, 0.15) is 17.3 Å². The molecule has 8 heteroatoms. The van der Waals surface area contributed by atoms with Crippen LogP contribution in [0.25, 0.3) is 0 Å². The molecule has 1 aromatic heterocycles. The number of imidazole rings is 1. The monoisotopic (exact) mass is 400 g/mol. The van der Waals surface area contributed by atoms with Crippen LogP contribution in [0.15, 0.2) is 36.9 Å². The van der Waals surface area contributed by atoms with Crippen molar-refractivity contribution in [3.05, 3.63) is 56.2 Å². The standard InChI is InChI=1S/C13H13IN4O3/c1-9(7-17-5-4-15-8-17)16-13(19)11-6-10(18(20)21)2-3-12(11)14/h2-6,8-9H,7H2,1H3,(H,16,19). The predicted octanol–water partition coefficient (Wildman–Crippen LogP) is 2.21. The Hall–Kier alpha value is -1.97. The molecule has 0 radical (unpaired) electrons. The van der Waals surface area contributed by atoms with Crippen LogP contribution < -0.4 is 5.32 Å². The first kappa shape index (κ1) is 15.4. The Bertz CT molecular complexity index is 657. The molecule has 7 nitrogen and oxygen atoms in total. The highest BCUT2D eigenvalue weighted by molar-refractivity contribution is 14.1. The molecule has 0 saturated carbocycles. The van der Waals surface area contributed by atoms with Crippen molar-refractivity contribution in [2.75, 3.05) is 0 Å². The van der Waals surface area contributed by atoms with E-state index in [0.29, 0.717) is 15.7 Å². The smallest absolute Gasteiger partial charge is 0.270 e. The molecule has 0 spiro atoms. The molecule has 1 unspecified atom stereocenters. The number of hydrogen-bond donors (Lipinski definition) is 1. The summed E-state index contributed by atoms with van der Waals surface area (Å²) in [5.41, 5.74) is 0.213. The zero-order valence-corrected chi connectivity index (χ0v) is 13.4. The molecule has 0 aliphatic rings. The van der Waals surface area contributed by atoms with Gasteiger partial charge in [0.25, 0.3) is 11.6 Å². The molecule has 21 heavy (non-hydrogen) atoms. The van der Waals surface area contributed by atoms with Crippen LogP contribution in [0.3, 0.4) is 0 Å². The van der Waals surface area contributed by atoms with Crippen molar-refractivity contribution in [1.82, 2.24) is 14.9 Å². The van der Waals surface area contributed by atoms with E-state index in [0.717, 1.165) is 0 Å². The highest BCUT2D eigenvalue weighted by Gasteiger charge is 2.17. The lowest BCUT2D eigenvalue weighted by Gasteiger charge is -2.15. The van der Waals surface area contributed by atoms with Gasteiger partial charge in [-0.15, -0.1) is 0 Å². The maximum Gasteiger partial charge on any atom is 0.270 e. The highest BCUT2D eigenvalue weighted by Crippen LogP contribution is 2.19. The summed E-state index contributed by atoms with van der Waals surface area (Å²) < 4.78 is 2.52. The van der Waals surface area contributed by atoms with Gasteiger partial charge in [0.2, 0.25) is 0 Å². The first-order valence-electron chi connectivity index (χ1n) is 6.18. The normalized spacial score (nSPS) is 11.9. The maximum atomic E-state index is 12.2. The highest BCUT2D eigenvalue weighted by atomic mass is 127. The van der Waals surface area contributed by atoms with Gasteiger partial charge in [-0.1, -0.05) is 0 Å². The van der Waals surface area contributed by atoms with Gasteiger partial charge in [0, 0.05) is 40.7 Å². The van der Waals surface area contributed by atoms with Gasteiger partial charge in [-0.25, -0.2) is 4.98 Å². The van der Waals surface area contributed by atoms with Crippen LogP contribution in [0, 0.1) is 13.7 Å². The molecule has 1 atom stereocenters. The third-order valence-corrected chi connectivity index (χ3v) is 3.77. The molecule has 2 aromatic rings. The van der Waals surface area contributed by atoms with E-state index in [1.54, 1.807) is 24.8 Å². The van der Waals surface area contributed by atoms with E-state index < -0.39 is 4.92 Å². The summed E-state index contributed by atoms with van der Waals surface area (Å²) in [6.45, 7) is 2.44. The number of nitro groups is 1. The number of aromatic nitrogens is 2. The Kier molecular flexibility index (Phi) is 4.89. The Labute approximate surface area is 134 Å². The third kappa shape index (κ3) is 4.00. The molecule has 1 heterocycles. The SMILES string of the molecule is CC(Cn1ccnc1)NC(=O)c1cc([N+](=O)[O-])ccc1I.